The lowest BCUT2D eigenvalue weighted by Crippen LogP contribution is -2.68. The number of nitrogens with zero attached hydrogens (tertiary/aromatic N) is 5. The molecule has 5 aliphatic rings. The summed E-state index contributed by atoms with van der Waals surface area (Å²) in [4.78, 5) is 49.5. The fourth-order valence-corrected chi connectivity index (χ4v) is 8.76. The second kappa shape index (κ2) is 10.7. The van der Waals surface area contributed by atoms with E-state index in [1.807, 2.05) is 20.0 Å². The normalized spacial score (nSPS) is 25.2. The van der Waals surface area contributed by atoms with Gasteiger partial charge in [0.15, 0.2) is 23.0 Å². The van der Waals surface area contributed by atoms with Crippen molar-refractivity contribution in [2.75, 3.05) is 27.5 Å². The molecular weight excluding hydrogens is 618 g/mol. The van der Waals surface area contributed by atoms with Crippen LogP contribution < -0.4 is 18.9 Å². The molecular formula is C35H33N5O8. The van der Waals surface area contributed by atoms with Crippen molar-refractivity contribution < 1.29 is 38.4 Å². The Labute approximate surface area is 276 Å². The SMILES string of the molecule is COc1c(C)cc2c(c1O)[C@@H]1C3Cc4c(OC(C)=O)c(C)c5c(c4[C@H](CN4C(=O)c6ccncc6C4=O)N3C(C#N)[C@H](C2)N1C)OCO5. The Balaban J connectivity index is 1.38. The summed E-state index contributed by atoms with van der Waals surface area (Å²) in [5, 5.41) is 22.6. The van der Waals surface area contributed by atoms with Crippen LogP contribution >= 0.6 is 0 Å². The van der Waals surface area contributed by atoms with Crippen molar-refractivity contribution in [3.8, 4) is 34.8 Å². The van der Waals surface area contributed by atoms with E-state index in [4.69, 9.17) is 18.9 Å². The van der Waals surface area contributed by atoms with Crippen LogP contribution in [-0.4, -0.2) is 88.2 Å². The highest BCUT2D eigenvalue weighted by Gasteiger charge is 2.57. The summed E-state index contributed by atoms with van der Waals surface area (Å²) in [5.74, 6) is 0.0948. The third kappa shape index (κ3) is 3.96. The van der Waals surface area contributed by atoms with Gasteiger partial charge in [0.25, 0.3) is 11.8 Å². The minimum atomic E-state index is -0.765. The van der Waals surface area contributed by atoms with Gasteiger partial charge in [-0.25, -0.2) is 0 Å². The number of carbonyl (C=O) groups is 3. The predicted octanol–water partition coefficient (Wildman–Crippen LogP) is 3.13. The van der Waals surface area contributed by atoms with Crippen LogP contribution in [0.2, 0.25) is 0 Å². The molecule has 1 aromatic heterocycles. The summed E-state index contributed by atoms with van der Waals surface area (Å²) in [7, 11) is 3.47. The van der Waals surface area contributed by atoms with Crippen LogP contribution in [0.5, 0.6) is 28.7 Å². The third-order valence-electron chi connectivity index (χ3n) is 10.6. The van der Waals surface area contributed by atoms with Gasteiger partial charge in [-0.1, -0.05) is 6.07 Å². The second-order valence-corrected chi connectivity index (χ2v) is 13.0. The summed E-state index contributed by atoms with van der Waals surface area (Å²) >= 11 is 0. The highest BCUT2D eigenvalue weighted by Crippen LogP contribution is 2.58. The van der Waals surface area contributed by atoms with Crippen molar-refractivity contribution in [2.24, 2.45) is 0 Å². The molecule has 2 bridgehead atoms. The number of piperazine rings is 1. The van der Waals surface area contributed by atoms with Crippen molar-refractivity contribution in [3.63, 3.8) is 0 Å². The average molecular weight is 652 g/mol. The molecule has 13 nitrogen and oxygen atoms in total. The number of aromatic nitrogens is 1. The Morgan fingerprint density at radius 3 is 2.56 bits per heavy atom. The van der Waals surface area contributed by atoms with E-state index < -0.39 is 42.0 Å². The number of fused-ring (bicyclic) bond motifs is 10. The minimum Gasteiger partial charge on any atom is -0.504 e. The van der Waals surface area contributed by atoms with Crippen molar-refractivity contribution in [2.45, 2.75) is 63.8 Å². The summed E-state index contributed by atoms with van der Waals surface area (Å²) < 4.78 is 23.5. The van der Waals surface area contributed by atoms with E-state index in [9.17, 15) is 24.8 Å². The monoisotopic (exact) mass is 651 g/mol. The molecule has 0 saturated carbocycles. The molecule has 0 radical (unpaired) electrons. The number of nitriles is 1. The fourth-order valence-electron chi connectivity index (χ4n) is 8.76. The Kier molecular flexibility index (Phi) is 6.70. The Morgan fingerprint density at radius 2 is 1.85 bits per heavy atom. The molecule has 5 atom stereocenters. The maximum Gasteiger partial charge on any atom is 0.308 e. The molecule has 0 spiro atoms. The number of phenolic OH excluding ortho intramolecular Hbond substituents is 1. The number of pyridine rings is 1. The molecule has 48 heavy (non-hydrogen) atoms. The van der Waals surface area contributed by atoms with E-state index in [0.29, 0.717) is 58.1 Å². The molecule has 1 N–H and O–H groups in total. The average Bonchev–Trinajstić information content (AvgIpc) is 3.64. The first-order valence-corrected chi connectivity index (χ1v) is 15.8. The molecule has 2 amide bonds. The third-order valence-corrected chi connectivity index (χ3v) is 10.6. The number of amides is 2. The summed E-state index contributed by atoms with van der Waals surface area (Å²) in [6.45, 7) is 4.80. The number of aromatic hydroxyl groups is 1. The maximum atomic E-state index is 13.8. The number of hydrogen-bond acceptors (Lipinski definition) is 12. The number of carbonyl (C=O) groups excluding carboxylic acids is 3. The molecule has 2 aromatic carbocycles. The molecule has 6 heterocycles. The van der Waals surface area contributed by atoms with Gasteiger partial charge in [0, 0.05) is 60.2 Å². The van der Waals surface area contributed by atoms with E-state index >= 15 is 0 Å². The lowest BCUT2D eigenvalue weighted by atomic mass is 9.71. The van der Waals surface area contributed by atoms with Gasteiger partial charge in [-0.2, -0.15) is 5.26 Å². The minimum absolute atomic E-state index is 0.0374. The van der Waals surface area contributed by atoms with Crippen LogP contribution in [0.25, 0.3) is 0 Å². The predicted molar refractivity (Wildman–Crippen MR) is 167 cm³/mol. The fraction of sp³-hybridized carbons (Fsp3) is 0.400. The standard InChI is InChI=1S/C35H33N5O8/c1-15-8-18-9-22-24(11-36)40-23(28(38(22)4)26(18)29(42)30(15)45-5)10-20-27(33-32(46-14-47-33)16(2)31(20)48-17(3)41)25(40)13-39-34(43)19-6-7-37-12-21(19)35(39)44/h6-8,12,22-25,28,42H,9-10,13-14H2,1-5H3/t22-,23?,24?,25-,28-/m0/s1. The first kappa shape index (κ1) is 30.2. The molecule has 1 saturated heterocycles. The molecule has 2 unspecified atom stereocenters. The molecule has 13 heteroatoms. The number of aryl methyl sites for hydroxylation is 1. The van der Waals surface area contributed by atoms with Crippen LogP contribution in [0.15, 0.2) is 24.5 Å². The van der Waals surface area contributed by atoms with Crippen molar-refractivity contribution in [1.29, 1.82) is 5.26 Å². The number of benzene rings is 2. The van der Waals surface area contributed by atoms with Gasteiger partial charge in [-0.3, -0.25) is 34.1 Å². The molecule has 8 rings (SSSR count). The zero-order chi connectivity index (χ0) is 33.8. The topological polar surface area (TPSA) is 155 Å². The smallest absolute Gasteiger partial charge is 0.308 e. The van der Waals surface area contributed by atoms with E-state index in [1.54, 1.807) is 6.92 Å². The Hall–Kier alpha value is -5.19. The number of esters is 1. The first-order valence-electron chi connectivity index (χ1n) is 15.8. The lowest BCUT2D eigenvalue weighted by molar-refractivity contribution is -0.132. The number of methoxy groups -OCH3 is 1. The van der Waals surface area contributed by atoms with Gasteiger partial charge in [-0.05, 0) is 50.9 Å². The number of ether oxygens (including phenoxy) is 4. The lowest BCUT2D eigenvalue weighted by Gasteiger charge is -2.60. The number of imide groups is 1. The van der Waals surface area contributed by atoms with Crippen LogP contribution in [0.1, 0.15) is 73.1 Å². The van der Waals surface area contributed by atoms with E-state index in [1.165, 1.54) is 37.4 Å². The van der Waals surface area contributed by atoms with Gasteiger partial charge in [0.2, 0.25) is 6.79 Å². The highest BCUT2D eigenvalue weighted by atomic mass is 16.7. The quantitative estimate of drug-likeness (QED) is 0.250. The van der Waals surface area contributed by atoms with Crippen LogP contribution in [0.4, 0.5) is 0 Å². The number of likely N-dealkylation sites (N-methyl/N-ethyl adjacent to an activating group) is 1. The largest absolute Gasteiger partial charge is 0.504 e. The van der Waals surface area contributed by atoms with Crippen molar-refractivity contribution in [1.82, 2.24) is 19.7 Å². The first-order chi connectivity index (χ1) is 23.1. The summed E-state index contributed by atoms with van der Waals surface area (Å²) in [6, 6.07) is 3.44. The van der Waals surface area contributed by atoms with Gasteiger partial charge in [-0.15, -0.1) is 0 Å². The van der Waals surface area contributed by atoms with E-state index in [2.05, 4.69) is 20.9 Å². The summed E-state index contributed by atoms with van der Waals surface area (Å²) in [6.07, 6.45) is 3.63. The molecule has 246 valence electrons. The number of rotatable bonds is 4. The van der Waals surface area contributed by atoms with Gasteiger partial charge >= 0.3 is 5.97 Å². The second-order valence-electron chi connectivity index (χ2n) is 13.0. The Bertz CT molecular complexity index is 1970. The molecule has 1 fully saturated rings. The summed E-state index contributed by atoms with van der Waals surface area (Å²) in [5.41, 5.74) is 4.71. The van der Waals surface area contributed by atoms with E-state index in [-0.39, 0.29) is 36.3 Å². The van der Waals surface area contributed by atoms with Crippen molar-refractivity contribution >= 4 is 17.8 Å². The zero-order valence-electron chi connectivity index (χ0n) is 27.1. The maximum absolute atomic E-state index is 13.8. The molecule has 3 aromatic rings. The zero-order valence-corrected chi connectivity index (χ0v) is 27.1. The Morgan fingerprint density at radius 1 is 1.10 bits per heavy atom. The van der Waals surface area contributed by atoms with E-state index in [0.717, 1.165) is 11.1 Å². The molecule has 5 aliphatic heterocycles. The van der Waals surface area contributed by atoms with Gasteiger partial charge in [0.05, 0.1) is 36.4 Å². The highest BCUT2D eigenvalue weighted by molar-refractivity contribution is 6.21. The van der Waals surface area contributed by atoms with Crippen LogP contribution in [-0.2, 0) is 17.6 Å². The van der Waals surface area contributed by atoms with Gasteiger partial charge in [0.1, 0.15) is 11.8 Å². The number of hydrogen-bond donors (Lipinski definition) is 1. The molecule has 0 aliphatic carbocycles. The number of phenols is 1. The van der Waals surface area contributed by atoms with Crippen LogP contribution in [0.3, 0.4) is 0 Å². The van der Waals surface area contributed by atoms with Crippen LogP contribution in [0, 0.1) is 25.2 Å². The van der Waals surface area contributed by atoms with Crippen molar-refractivity contribution in [3.05, 3.63) is 69.0 Å². The van der Waals surface area contributed by atoms with Gasteiger partial charge < -0.3 is 24.1 Å².